The van der Waals surface area contributed by atoms with Gasteiger partial charge >= 0.3 is 29.9 Å². The second-order valence-electron chi connectivity index (χ2n) is 9.61. The lowest BCUT2D eigenvalue weighted by Crippen LogP contribution is -2.51. The van der Waals surface area contributed by atoms with Crippen LogP contribution in [-0.4, -0.2) is 89.4 Å². The van der Waals surface area contributed by atoms with E-state index in [9.17, 15) is 39.0 Å². The van der Waals surface area contributed by atoms with Crippen molar-refractivity contribution in [3.8, 4) is 0 Å². The normalized spacial score (nSPS) is 13.0. The van der Waals surface area contributed by atoms with Crippen LogP contribution in [0.3, 0.4) is 0 Å². The number of urea groups is 1. The van der Waals surface area contributed by atoms with Gasteiger partial charge in [0.05, 0.1) is 5.69 Å². The molecular formula is C25H40N6O10. The first-order chi connectivity index (χ1) is 19.4. The highest BCUT2D eigenvalue weighted by molar-refractivity contribution is 5.86. The number of nitrogens with zero attached hydrogens (tertiary/aromatic N) is 3. The number of amides is 3. The maximum atomic E-state index is 12.1. The smallest absolute Gasteiger partial charge is 0.326 e. The number of nitrogens with one attached hydrogen (secondary N) is 3. The van der Waals surface area contributed by atoms with E-state index in [1.54, 1.807) is 10.9 Å². The van der Waals surface area contributed by atoms with Gasteiger partial charge in [0.15, 0.2) is 0 Å². The van der Waals surface area contributed by atoms with Crippen LogP contribution in [0.2, 0.25) is 0 Å². The van der Waals surface area contributed by atoms with Crippen LogP contribution in [0.25, 0.3) is 0 Å². The molecule has 3 atom stereocenters. The Bertz CT molecular complexity index is 1030. The first kappa shape index (κ1) is 34.8. The molecule has 230 valence electrons. The van der Waals surface area contributed by atoms with E-state index in [0.29, 0.717) is 44.3 Å². The summed E-state index contributed by atoms with van der Waals surface area (Å²) in [7, 11) is 0. The van der Waals surface area contributed by atoms with Crippen molar-refractivity contribution in [3.05, 3.63) is 11.9 Å². The number of aliphatic carboxylic acids is 4. The zero-order valence-electron chi connectivity index (χ0n) is 23.1. The molecule has 7 N–H and O–H groups in total. The standard InChI is InChI=1S/C25H40N6O10/c1-2-3-4-9-17(22(35)36)26-20(32)11-7-8-16-15-31(30-29-16)14-6-5-10-18(23(37)38)27-25(41)28-19(24(39)40)12-13-21(33)34/h15,17-19H,2-14H2,1H3,(H,26,32)(H,33,34)(H,35,36)(H,37,38)(H,39,40)(H2,27,28,41). The Morgan fingerprint density at radius 1 is 0.756 bits per heavy atom. The highest BCUT2D eigenvalue weighted by atomic mass is 16.4. The third-order valence-corrected chi connectivity index (χ3v) is 6.14. The minimum absolute atomic E-state index is 0.0576. The Morgan fingerprint density at radius 3 is 1.88 bits per heavy atom. The Morgan fingerprint density at radius 2 is 1.32 bits per heavy atom. The van der Waals surface area contributed by atoms with Gasteiger partial charge in [-0.05, 0) is 44.9 Å². The molecule has 1 rings (SSSR count). The van der Waals surface area contributed by atoms with Crippen LogP contribution in [0.15, 0.2) is 6.20 Å². The molecule has 0 aromatic carbocycles. The molecule has 1 heterocycles. The maximum Gasteiger partial charge on any atom is 0.326 e. The summed E-state index contributed by atoms with van der Waals surface area (Å²) >= 11 is 0. The largest absolute Gasteiger partial charge is 0.481 e. The van der Waals surface area contributed by atoms with Gasteiger partial charge in [0.1, 0.15) is 18.1 Å². The molecule has 0 bridgehead atoms. The number of aromatic nitrogens is 3. The Hall–Kier alpha value is -4.24. The van der Waals surface area contributed by atoms with Crippen molar-refractivity contribution in [3.63, 3.8) is 0 Å². The second-order valence-corrected chi connectivity index (χ2v) is 9.61. The van der Waals surface area contributed by atoms with Crippen LogP contribution in [0.4, 0.5) is 4.79 Å². The van der Waals surface area contributed by atoms with E-state index in [2.05, 4.69) is 26.3 Å². The lowest BCUT2D eigenvalue weighted by molar-refractivity contribution is -0.142. The Kier molecular flexibility index (Phi) is 16.1. The summed E-state index contributed by atoms with van der Waals surface area (Å²) < 4.78 is 1.57. The molecule has 3 unspecified atom stereocenters. The minimum atomic E-state index is -1.48. The molecule has 0 aliphatic rings. The number of carboxylic acid groups (broad SMARTS) is 4. The molecule has 0 radical (unpaired) electrons. The molecule has 16 heteroatoms. The molecule has 0 aliphatic heterocycles. The van der Waals surface area contributed by atoms with Crippen molar-refractivity contribution in [1.82, 2.24) is 30.9 Å². The van der Waals surface area contributed by atoms with Crippen molar-refractivity contribution in [2.75, 3.05) is 0 Å². The van der Waals surface area contributed by atoms with Crippen molar-refractivity contribution < 1.29 is 49.2 Å². The van der Waals surface area contributed by atoms with Crippen LogP contribution in [0.5, 0.6) is 0 Å². The van der Waals surface area contributed by atoms with E-state index in [1.165, 1.54) is 0 Å². The average molecular weight is 585 g/mol. The molecule has 0 saturated heterocycles. The predicted molar refractivity (Wildman–Crippen MR) is 142 cm³/mol. The number of hydrogen-bond acceptors (Lipinski definition) is 8. The second kappa shape index (κ2) is 18.9. The van der Waals surface area contributed by atoms with Gasteiger partial charge in [-0.3, -0.25) is 14.3 Å². The number of unbranched alkanes of at least 4 members (excludes halogenated alkanes) is 3. The van der Waals surface area contributed by atoms with Gasteiger partial charge in [-0.2, -0.15) is 0 Å². The predicted octanol–water partition coefficient (Wildman–Crippen LogP) is 0.991. The highest BCUT2D eigenvalue weighted by Crippen LogP contribution is 2.08. The fourth-order valence-corrected chi connectivity index (χ4v) is 3.88. The number of hydrogen-bond donors (Lipinski definition) is 7. The first-order valence-corrected chi connectivity index (χ1v) is 13.6. The molecule has 0 aliphatic carbocycles. The van der Waals surface area contributed by atoms with Crippen molar-refractivity contribution in [1.29, 1.82) is 0 Å². The van der Waals surface area contributed by atoms with Crippen LogP contribution >= 0.6 is 0 Å². The summed E-state index contributed by atoms with van der Waals surface area (Å²) in [4.78, 5) is 68.9. The topological polar surface area (TPSA) is 250 Å². The van der Waals surface area contributed by atoms with E-state index >= 15 is 0 Å². The average Bonchev–Trinajstić information content (AvgIpc) is 3.34. The number of aryl methyl sites for hydroxylation is 2. The van der Waals surface area contributed by atoms with Crippen LogP contribution in [-0.2, 0) is 36.9 Å². The van der Waals surface area contributed by atoms with E-state index in [4.69, 9.17) is 10.2 Å². The summed E-state index contributed by atoms with van der Waals surface area (Å²) in [5.41, 5.74) is 0.646. The summed E-state index contributed by atoms with van der Waals surface area (Å²) in [5, 5.41) is 51.3. The lowest BCUT2D eigenvalue weighted by Gasteiger charge is -2.18. The van der Waals surface area contributed by atoms with E-state index in [1.807, 2.05) is 6.92 Å². The summed E-state index contributed by atoms with van der Waals surface area (Å²) in [5.74, 6) is -5.36. The van der Waals surface area contributed by atoms with Crippen molar-refractivity contribution in [2.45, 2.75) is 109 Å². The van der Waals surface area contributed by atoms with Crippen LogP contribution in [0, 0.1) is 0 Å². The summed E-state index contributed by atoms with van der Waals surface area (Å²) in [6, 6.07) is -4.69. The zero-order chi connectivity index (χ0) is 30.8. The molecule has 0 spiro atoms. The van der Waals surface area contributed by atoms with Gasteiger partial charge in [0.2, 0.25) is 5.91 Å². The maximum absolute atomic E-state index is 12.1. The molecular weight excluding hydrogens is 544 g/mol. The summed E-state index contributed by atoms with van der Waals surface area (Å²) in [6.45, 7) is 2.43. The molecule has 1 aromatic heterocycles. The fraction of sp³-hybridized carbons (Fsp3) is 0.680. The van der Waals surface area contributed by atoms with Crippen LogP contribution < -0.4 is 16.0 Å². The number of carbonyl (C=O) groups is 6. The summed E-state index contributed by atoms with van der Waals surface area (Å²) in [6.07, 6.45) is 5.85. The number of rotatable bonds is 22. The van der Waals surface area contributed by atoms with Gasteiger partial charge in [-0.25, -0.2) is 19.2 Å². The third kappa shape index (κ3) is 15.2. The van der Waals surface area contributed by atoms with Crippen molar-refractivity contribution >= 4 is 35.8 Å². The fourth-order valence-electron chi connectivity index (χ4n) is 3.88. The Labute approximate surface area is 236 Å². The zero-order valence-corrected chi connectivity index (χ0v) is 23.1. The SMILES string of the molecule is CCCCCC(NC(=O)CCCc1cn(CCCCC(NC(=O)NC(CCC(=O)O)C(=O)O)C(=O)O)nn1)C(=O)O. The molecule has 1 aromatic rings. The quantitative estimate of drug-likeness (QED) is 0.0942. The number of carbonyl (C=O) groups excluding carboxylic acids is 2. The molecule has 41 heavy (non-hydrogen) atoms. The first-order valence-electron chi connectivity index (χ1n) is 13.6. The van der Waals surface area contributed by atoms with E-state index in [-0.39, 0.29) is 25.2 Å². The van der Waals surface area contributed by atoms with Gasteiger partial charge < -0.3 is 36.4 Å². The highest BCUT2D eigenvalue weighted by Gasteiger charge is 2.25. The van der Waals surface area contributed by atoms with Crippen molar-refractivity contribution in [2.24, 2.45) is 0 Å². The van der Waals surface area contributed by atoms with Gasteiger partial charge in [-0.15, -0.1) is 5.10 Å². The molecule has 0 fully saturated rings. The molecule has 3 amide bonds. The van der Waals surface area contributed by atoms with Gasteiger partial charge in [0, 0.05) is 25.6 Å². The minimum Gasteiger partial charge on any atom is -0.481 e. The Balaban J connectivity index is 2.40. The van der Waals surface area contributed by atoms with Gasteiger partial charge in [-0.1, -0.05) is 31.4 Å². The molecule has 16 nitrogen and oxygen atoms in total. The third-order valence-electron chi connectivity index (χ3n) is 6.14. The van der Waals surface area contributed by atoms with Gasteiger partial charge in [0.25, 0.3) is 0 Å². The monoisotopic (exact) mass is 584 g/mol. The number of carboxylic acids is 4. The van der Waals surface area contributed by atoms with E-state index in [0.717, 1.165) is 19.3 Å². The van der Waals surface area contributed by atoms with E-state index < -0.39 is 54.5 Å². The lowest BCUT2D eigenvalue weighted by atomic mass is 10.1. The van der Waals surface area contributed by atoms with Crippen LogP contribution in [0.1, 0.15) is 83.2 Å². The molecule has 0 saturated carbocycles.